The minimum absolute atomic E-state index is 0.178. The third-order valence-electron chi connectivity index (χ3n) is 4.78. The molecule has 1 atom stereocenters. The molecule has 0 fully saturated rings. The number of aliphatic hydroxyl groups is 1. The summed E-state index contributed by atoms with van der Waals surface area (Å²) >= 11 is 8.14. The highest BCUT2D eigenvalue weighted by Gasteiger charge is 2.28. The van der Waals surface area contributed by atoms with Crippen LogP contribution in [-0.2, 0) is 15.9 Å². The van der Waals surface area contributed by atoms with Gasteiger partial charge in [-0.2, -0.15) is 0 Å². The van der Waals surface area contributed by atoms with Crippen molar-refractivity contribution < 1.29 is 24.1 Å². The van der Waals surface area contributed by atoms with E-state index in [0.717, 1.165) is 26.7 Å². The number of halogens is 1. The van der Waals surface area contributed by atoms with Crippen LogP contribution in [0.5, 0.6) is 5.75 Å². The lowest BCUT2D eigenvalue weighted by Crippen LogP contribution is -2.50. The molecule has 0 aliphatic carbocycles. The number of carbonyl (C=O) groups excluding carboxylic acids is 1. The Morgan fingerprint density at radius 2 is 1.88 bits per heavy atom. The van der Waals surface area contributed by atoms with Crippen LogP contribution in [0.4, 0.5) is 4.79 Å². The van der Waals surface area contributed by atoms with E-state index in [1.165, 1.54) is 0 Å². The zero-order valence-corrected chi connectivity index (χ0v) is 21.7. The van der Waals surface area contributed by atoms with Gasteiger partial charge in [0.1, 0.15) is 11.4 Å². The molecule has 1 amide bonds. The summed E-state index contributed by atoms with van der Waals surface area (Å²) in [6.45, 7) is 9.17. The molecule has 0 heterocycles. The number of ether oxygens (including phenoxy) is 3. The number of aliphatic hydroxyl groups excluding tert-OH is 1. The highest BCUT2D eigenvalue weighted by Crippen LogP contribution is 2.37. The second kappa shape index (κ2) is 12.0. The van der Waals surface area contributed by atoms with E-state index in [-0.39, 0.29) is 13.4 Å². The molecule has 0 bridgehead atoms. The first-order valence-corrected chi connectivity index (χ1v) is 11.9. The third kappa shape index (κ3) is 9.08. The maximum atomic E-state index is 12.2. The number of hydrogen-bond acceptors (Lipinski definition) is 6. The quantitative estimate of drug-likeness (QED) is 0.394. The van der Waals surface area contributed by atoms with Crippen molar-refractivity contribution in [1.29, 1.82) is 0 Å². The summed E-state index contributed by atoms with van der Waals surface area (Å²) in [6, 6.07) is 11.9. The summed E-state index contributed by atoms with van der Waals surface area (Å²) in [7, 11) is 1.59. The molecule has 2 aromatic carbocycles. The molecule has 182 valence electrons. The number of amides is 1. The molecule has 0 spiro atoms. The maximum absolute atomic E-state index is 12.2. The summed E-state index contributed by atoms with van der Waals surface area (Å²) in [5.74, 6) is 0.750. The molecule has 0 saturated carbocycles. The van der Waals surface area contributed by atoms with Gasteiger partial charge in [-0.3, -0.25) is 0 Å². The van der Waals surface area contributed by atoms with E-state index in [1.54, 1.807) is 46.6 Å². The van der Waals surface area contributed by atoms with Crippen LogP contribution in [0.3, 0.4) is 0 Å². The fourth-order valence-electron chi connectivity index (χ4n) is 3.00. The Balaban J connectivity index is 2.07. The standard InChI is InChI=1S/C25H34ClNO5S/c1-17-7-10-21(31-16-30-6)22(13-17)33-19-9-8-18(20(26)14-19)11-12-25(5,15-28)27-23(29)32-24(2,3)4/h7-10,13-14,28H,11-12,15-16H2,1-6H3,(H,27,29). The van der Waals surface area contributed by atoms with Crippen molar-refractivity contribution in [3.05, 3.63) is 52.5 Å². The van der Waals surface area contributed by atoms with Crippen molar-refractivity contribution in [1.82, 2.24) is 5.32 Å². The molecule has 0 radical (unpaired) electrons. The van der Waals surface area contributed by atoms with E-state index >= 15 is 0 Å². The van der Waals surface area contributed by atoms with Crippen molar-refractivity contribution in [3.8, 4) is 5.75 Å². The Bertz CT molecular complexity index is 947. The van der Waals surface area contributed by atoms with Crippen molar-refractivity contribution in [2.24, 2.45) is 0 Å². The summed E-state index contributed by atoms with van der Waals surface area (Å²) in [4.78, 5) is 14.1. The highest BCUT2D eigenvalue weighted by atomic mass is 35.5. The minimum atomic E-state index is -0.825. The lowest BCUT2D eigenvalue weighted by atomic mass is 9.94. The monoisotopic (exact) mass is 495 g/mol. The Morgan fingerprint density at radius 1 is 1.15 bits per heavy atom. The molecule has 2 N–H and O–H groups in total. The van der Waals surface area contributed by atoms with Gasteiger partial charge in [0.15, 0.2) is 6.79 Å². The number of hydrogen-bond donors (Lipinski definition) is 2. The van der Waals surface area contributed by atoms with Crippen molar-refractivity contribution >= 4 is 29.5 Å². The normalized spacial score (nSPS) is 13.3. The number of carbonyl (C=O) groups is 1. The fourth-order valence-corrected chi connectivity index (χ4v) is 4.38. The van der Waals surface area contributed by atoms with Gasteiger partial charge in [0.05, 0.1) is 17.0 Å². The predicted molar refractivity (Wildman–Crippen MR) is 132 cm³/mol. The molecule has 2 aromatic rings. The van der Waals surface area contributed by atoms with Crippen LogP contribution in [0.15, 0.2) is 46.2 Å². The number of alkyl carbamates (subject to hydrolysis) is 1. The summed E-state index contributed by atoms with van der Waals surface area (Å²) < 4.78 is 16.0. The molecule has 0 aliphatic heterocycles. The Labute approximate surface area is 206 Å². The van der Waals surface area contributed by atoms with Crippen LogP contribution < -0.4 is 10.1 Å². The van der Waals surface area contributed by atoms with Crippen molar-refractivity contribution in [2.45, 2.75) is 68.4 Å². The average Bonchev–Trinajstić information content (AvgIpc) is 2.71. The van der Waals surface area contributed by atoms with Crippen molar-refractivity contribution in [2.75, 3.05) is 20.5 Å². The van der Waals surface area contributed by atoms with Gasteiger partial charge >= 0.3 is 6.09 Å². The van der Waals surface area contributed by atoms with Crippen LogP contribution >= 0.6 is 23.4 Å². The Kier molecular flexibility index (Phi) is 9.91. The van der Waals surface area contributed by atoms with Gasteiger partial charge < -0.3 is 24.6 Å². The first-order valence-electron chi connectivity index (χ1n) is 10.8. The number of aryl methyl sites for hydroxylation is 2. The number of methoxy groups -OCH3 is 1. The SMILES string of the molecule is COCOc1ccc(C)cc1Sc1ccc(CCC(C)(CO)NC(=O)OC(C)(C)C)c(Cl)c1. The summed E-state index contributed by atoms with van der Waals surface area (Å²) in [5, 5.41) is 13.3. The second-order valence-electron chi connectivity index (χ2n) is 9.20. The number of rotatable bonds is 10. The Hall–Kier alpha value is -1.93. The van der Waals surface area contributed by atoms with Gasteiger partial charge in [0, 0.05) is 17.0 Å². The van der Waals surface area contributed by atoms with Gasteiger partial charge in [0.25, 0.3) is 0 Å². The van der Waals surface area contributed by atoms with Crippen LogP contribution in [0.2, 0.25) is 5.02 Å². The molecular formula is C25H34ClNO5S. The van der Waals surface area contributed by atoms with Crippen LogP contribution in [-0.4, -0.2) is 42.8 Å². The van der Waals surface area contributed by atoms with E-state index < -0.39 is 17.2 Å². The molecule has 1 unspecified atom stereocenters. The minimum Gasteiger partial charge on any atom is -0.466 e. The molecule has 0 aromatic heterocycles. The van der Waals surface area contributed by atoms with Gasteiger partial charge in [-0.15, -0.1) is 0 Å². The molecule has 8 heteroatoms. The van der Waals surface area contributed by atoms with E-state index in [9.17, 15) is 9.90 Å². The highest BCUT2D eigenvalue weighted by molar-refractivity contribution is 7.99. The second-order valence-corrected chi connectivity index (χ2v) is 10.7. The lowest BCUT2D eigenvalue weighted by molar-refractivity contribution is 0.0406. The van der Waals surface area contributed by atoms with E-state index in [1.807, 2.05) is 37.3 Å². The molecule has 0 aliphatic rings. The Morgan fingerprint density at radius 3 is 2.48 bits per heavy atom. The first-order chi connectivity index (χ1) is 15.4. The lowest BCUT2D eigenvalue weighted by Gasteiger charge is -2.30. The predicted octanol–water partition coefficient (Wildman–Crippen LogP) is 5.99. The van der Waals surface area contributed by atoms with Gasteiger partial charge in [-0.05, 0) is 82.9 Å². The topological polar surface area (TPSA) is 77.0 Å². The zero-order chi connectivity index (χ0) is 24.6. The van der Waals surface area contributed by atoms with Gasteiger partial charge in [-0.25, -0.2) is 4.79 Å². The third-order valence-corrected chi connectivity index (χ3v) is 6.16. The van der Waals surface area contributed by atoms with Gasteiger partial charge in [-0.1, -0.05) is 35.5 Å². The maximum Gasteiger partial charge on any atom is 0.408 e. The van der Waals surface area contributed by atoms with E-state index in [4.69, 9.17) is 25.8 Å². The number of nitrogens with one attached hydrogen (secondary N) is 1. The molecular weight excluding hydrogens is 462 g/mol. The smallest absolute Gasteiger partial charge is 0.408 e. The molecule has 0 saturated heterocycles. The van der Waals surface area contributed by atoms with Crippen LogP contribution in [0.1, 0.15) is 45.2 Å². The average molecular weight is 496 g/mol. The molecule has 2 rings (SSSR count). The van der Waals surface area contributed by atoms with E-state index in [0.29, 0.717) is 17.9 Å². The fraction of sp³-hybridized carbons (Fsp3) is 0.480. The summed E-state index contributed by atoms with van der Waals surface area (Å²) in [5.41, 5.74) is 0.634. The number of benzene rings is 2. The van der Waals surface area contributed by atoms with Crippen LogP contribution in [0.25, 0.3) is 0 Å². The zero-order valence-electron chi connectivity index (χ0n) is 20.2. The first kappa shape index (κ1) is 27.3. The van der Waals surface area contributed by atoms with Crippen molar-refractivity contribution in [3.63, 3.8) is 0 Å². The van der Waals surface area contributed by atoms with E-state index in [2.05, 4.69) is 11.4 Å². The molecule has 6 nitrogen and oxygen atoms in total. The summed E-state index contributed by atoms with van der Waals surface area (Å²) in [6.07, 6.45) is 0.534. The van der Waals surface area contributed by atoms with Crippen LogP contribution in [0, 0.1) is 6.92 Å². The van der Waals surface area contributed by atoms with Gasteiger partial charge in [0.2, 0.25) is 0 Å². The molecule has 33 heavy (non-hydrogen) atoms. The largest absolute Gasteiger partial charge is 0.466 e.